The lowest BCUT2D eigenvalue weighted by Gasteiger charge is -2.04. The van der Waals surface area contributed by atoms with Crippen molar-refractivity contribution in [1.29, 1.82) is 0 Å². The molecule has 0 unspecified atom stereocenters. The third-order valence-corrected chi connectivity index (χ3v) is 2.52. The lowest BCUT2D eigenvalue weighted by atomic mass is 10.1. The van der Waals surface area contributed by atoms with Crippen molar-refractivity contribution < 1.29 is 14.2 Å². The maximum absolute atomic E-state index is 11.8. The fourth-order valence-corrected chi connectivity index (χ4v) is 1.55. The number of carbonyl (C=O) groups is 1. The zero-order valence-electron chi connectivity index (χ0n) is 10.3. The van der Waals surface area contributed by atoms with Gasteiger partial charge in [-0.3, -0.25) is 14.9 Å². The Morgan fingerprint density at radius 2 is 2.30 bits per heavy atom. The van der Waals surface area contributed by atoms with Crippen LogP contribution in [0.2, 0.25) is 0 Å². The zero-order valence-corrected chi connectivity index (χ0v) is 10.3. The molecule has 0 aliphatic rings. The number of rotatable bonds is 5. The molecule has 1 amide bonds. The van der Waals surface area contributed by atoms with Gasteiger partial charge in [-0.25, -0.2) is 0 Å². The average Bonchev–Trinajstić information content (AvgIpc) is 2.91. The number of nitrogens with zero attached hydrogens (tertiary/aromatic N) is 3. The van der Waals surface area contributed by atoms with Crippen LogP contribution in [0.15, 0.2) is 29.0 Å². The van der Waals surface area contributed by atoms with Crippen LogP contribution >= 0.6 is 0 Å². The highest BCUT2D eigenvalue weighted by Gasteiger charge is 2.14. The molecule has 0 aliphatic carbocycles. The Bertz CT molecular complexity index is 626. The summed E-state index contributed by atoms with van der Waals surface area (Å²) in [6, 6.07) is 3.80. The summed E-state index contributed by atoms with van der Waals surface area (Å²) in [6.07, 6.45) is 1.67. The Kier molecular flexibility index (Phi) is 3.89. The molecule has 9 heteroatoms. The molecule has 1 heterocycles. The van der Waals surface area contributed by atoms with Crippen molar-refractivity contribution in [3.8, 4) is 0 Å². The highest BCUT2D eigenvalue weighted by molar-refractivity contribution is 5.95. The zero-order chi connectivity index (χ0) is 14.5. The molecule has 0 fully saturated rings. The number of hydrogen-bond donors (Lipinski definition) is 2. The predicted molar refractivity (Wildman–Crippen MR) is 67.8 cm³/mol. The largest absolute Gasteiger partial charge is 0.393 e. The van der Waals surface area contributed by atoms with Gasteiger partial charge >= 0.3 is 0 Å². The number of carbonyl (C=O) groups excluding carboxylic acids is 1. The normalized spacial score (nSPS) is 10.2. The molecular formula is C11H11N5O4. The Balaban J connectivity index is 1.95. The van der Waals surface area contributed by atoms with Crippen LogP contribution in [0.4, 0.5) is 11.4 Å². The highest BCUT2D eigenvalue weighted by Crippen LogP contribution is 2.21. The summed E-state index contributed by atoms with van der Waals surface area (Å²) >= 11 is 0. The van der Waals surface area contributed by atoms with Crippen LogP contribution < -0.4 is 11.1 Å². The third-order valence-electron chi connectivity index (χ3n) is 2.52. The van der Waals surface area contributed by atoms with Gasteiger partial charge in [0.15, 0.2) is 6.33 Å². The first-order valence-corrected chi connectivity index (χ1v) is 5.65. The minimum Gasteiger partial charge on any atom is -0.393 e. The fourth-order valence-electron chi connectivity index (χ4n) is 1.55. The molecule has 0 radical (unpaired) electrons. The van der Waals surface area contributed by atoms with Gasteiger partial charge in [-0.05, 0) is 12.1 Å². The van der Waals surface area contributed by atoms with Gasteiger partial charge in [0.05, 0.1) is 4.92 Å². The maximum Gasteiger partial charge on any atom is 0.292 e. The molecule has 0 bridgehead atoms. The molecule has 0 saturated carbocycles. The van der Waals surface area contributed by atoms with E-state index >= 15 is 0 Å². The van der Waals surface area contributed by atoms with E-state index in [2.05, 4.69) is 15.5 Å². The SMILES string of the molecule is Nc1cc(C(=O)NCCc2ncno2)ccc1[N+](=O)[O-]. The molecule has 104 valence electrons. The topological polar surface area (TPSA) is 137 Å². The second-order valence-electron chi connectivity index (χ2n) is 3.87. The monoisotopic (exact) mass is 277 g/mol. The van der Waals surface area contributed by atoms with Crippen molar-refractivity contribution in [2.75, 3.05) is 12.3 Å². The van der Waals surface area contributed by atoms with Gasteiger partial charge in [-0.2, -0.15) is 4.98 Å². The standard InChI is InChI=1S/C11H11N5O4/c12-8-5-7(1-2-9(8)16(18)19)11(17)13-4-3-10-14-6-15-20-10/h1-2,5-6H,3-4,12H2,(H,13,17). The van der Waals surface area contributed by atoms with Crippen LogP contribution in [0.1, 0.15) is 16.2 Å². The second kappa shape index (κ2) is 5.78. The number of nitro benzene ring substituents is 1. The van der Waals surface area contributed by atoms with Gasteiger partial charge in [0.2, 0.25) is 5.89 Å². The van der Waals surface area contributed by atoms with E-state index in [0.717, 1.165) is 0 Å². The Labute approximate surface area is 112 Å². The number of nitrogens with one attached hydrogen (secondary N) is 1. The van der Waals surface area contributed by atoms with E-state index < -0.39 is 4.92 Å². The number of nitrogens with two attached hydrogens (primary N) is 1. The summed E-state index contributed by atoms with van der Waals surface area (Å²) < 4.78 is 4.77. The first-order chi connectivity index (χ1) is 9.58. The lowest BCUT2D eigenvalue weighted by Crippen LogP contribution is -2.25. The van der Waals surface area contributed by atoms with Gasteiger partial charge in [-0.15, -0.1) is 0 Å². The molecule has 0 aliphatic heterocycles. The van der Waals surface area contributed by atoms with Crippen molar-refractivity contribution in [2.24, 2.45) is 0 Å². The van der Waals surface area contributed by atoms with Crippen molar-refractivity contribution in [1.82, 2.24) is 15.5 Å². The van der Waals surface area contributed by atoms with Gasteiger partial charge in [0.25, 0.3) is 11.6 Å². The van der Waals surface area contributed by atoms with Crippen LogP contribution in [-0.4, -0.2) is 27.5 Å². The van der Waals surface area contributed by atoms with E-state index in [1.165, 1.54) is 24.5 Å². The van der Waals surface area contributed by atoms with E-state index in [0.29, 0.717) is 18.9 Å². The summed E-state index contributed by atoms with van der Waals surface area (Å²) in [4.78, 5) is 25.6. The predicted octanol–water partition coefficient (Wildman–Crippen LogP) is 0.532. The van der Waals surface area contributed by atoms with E-state index in [9.17, 15) is 14.9 Å². The molecule has 0 spiro atoms. The van der Waals surface area contributed by atoms with Crippen molar-refractivity contribution >= 4 is 17.3 Å². The first kappa shape index (κ1) is 13.5. The molecule has 1 aromatic heterocycles. The van der Waals surface area contributed by atoms with Crippen LogP contribution in [0.5, 0.6) is 0 Å². The molecule has 2 rings (SSSR count). The van der Waals surface area contributed by atoms with E-state index in [1.807, 2.05) is 0 Å². The Hall–Kier alpha value is -2.97. The molecular weight excluding hydrogens is 266 g/mol. The van der Waals surface area contributed by atoms with Crippen molar-refractivity contribution in [3.05, 3.63) is 46.1 Å². The van der Waals surface area contributed by atoms with Gasteiger partial charge in [-0.1, -0.05) is 5.16 Å². The molecule has 2 aromatic rings. The van der Waals surface area contributed by atoms with Crippen LogP contribution in [0.3, 0.4) is 0 Å². The average molecular weight is 277 g/mol. The minimum atomic E-state index is -0.605. The summed E-state index contributed by atoms with van der Waals surface area (Å²) in [6.45, 7) is 0.303. The summed E-state index contributed by atoms with van der Waals surface area (Å²) in [5.74, 6) is 0.0274. The number of nitrogen functional groups attached to an aromatic ring is 1. The molecule has 1 aromatic carbocycles. The molecule has 0 atom stereocenters. The Morgan fingerprint density at radius 3 is 2.90 bits per heavy atom. The van der Waals surface area contributed by atoms with E-state index in [4.69, 9.17) is 10.3 Å². The van der Waals surface area contributed by atoms with Crippen molar-refractivity contribution in [2.45, 2.75) is 6.42 Å². The maximum atomic E-state index is 11.8. The van der Waals surface area contributed by atoms with Crippen LogP contribution in [-0.2, 0) is 6.42 Å². The minimum absolute atomic E-state index is 0.0560. The van der Waals surface area contributed by atoms with Crippen LogP contribution in [0, 0.1) is 10.1 Å². The molecule has 0 saturated heterocycles. The van der Waals surface area contributed by atoms with Crippen molar-refractivity contribution in [3.63, 3.8) is 0 Å². The van der Waals surface area contributed by atoms with E-state index in [-0.39, 0.29) is 22.8 Å². The summed E-state index contributed by atoms with van der Waals surface area (Å²) in [5.41, 5.74) is 5.47. The smallest absolute Gasteiger partial charge is 0.292 e. The summed E-state index contributed by atoms with van der Waals surface area (Å²) in [5, 5.41) is 16.7. The number of anilines is 1. The number of benzene rings is 1. The quantitative estimate of drug-likeness (QED) is 0.462. The number of aromatic nitrogens is 2. The summed E-state index contributed by atoms with van der Waals surface area (Å²) in [7, 11) is 0. The third kappa shape index (κ3) is 3.07. The van der Waals surface area contributed by atoms with Crippen LogP contribution in [0.25, 0.3) is 0 Å². The second-order valence-corrected chi connectivity index (χ2v) is 3.87. The number of nitro groups is 1. The number of hydrogen-bond acceptors (Lipinski definition) is 7. The molecule has 9 nitrogen and oxygen atoms in total. The van der Waals surface area contributed by atoms with Gasteiger partial charge in [0, 0.05) is 24.6 Å². The highest BCUT2D eigenvalue weighted by atomic mass is 16.6. The molecule has 20 heavy (non-hydrogen) atoms. The lowest BCUT2D eigenvalue weighted by molar-refractivity contribution is -0.383. The first-order valence-electron chi connectivity index (χ1n) is 5.65. The fraction of sp³-hybridized carbons (Fsp3) is 0.182. The van der Waals surface area contributed by atoms with Gasteiger partial charge in [0.1, 0.15) is 5.69 Å². The molecule has 3 N–H and O–H groups in total. The number of amides is 1. The van der Waals surface area contributed by atoms with E-state index in [1.54, 1.807) is 0 Å². The van der Waals surface area contributed by atoms with Gasteiger partial charge < -0.3 is 15.6 Å². The Morgan fingerprint density at radius 1 is 1.50 bits per heavy atom.